The molecule has 0 aromatic heterocycles. The van der Waals surface area contributed by atoms with Gasteiger partial charge in [-0.25, -0.2) is 17.5 Å². The molecule has 2 aromatic rings. The molecule has 32 heavy (non-hydrogen) atoms. The Morgan fingerprint density at radius 2 is 1.72 bits per heavy atom. The molecule has 0 saturated carbocycles. The van der Waals surface area contributed by atoms with Gasteiger partial charge in [-0.3, -0.25) is 10.1 Å². The molecule has 0 atom stereocenters. The van der Waals surface area contributed by atoms with Crippen molar-refractivity contribution in [2.45, 2.75) is 24.3 Å². The summed E-state index contributed by atoms with van der Waals surface area (Å²) in [7, 11) is 0.540. The van der Waals surface area contributed by atoms with Crippen LogP contribution in [0.3, 0.4) is 0 Å². The van der Waals surface area contributed by atoms with Crippen LogP contribution in [0.4, 0.5) is 16.2 Å². The number of nitrogens with zero attached hydrogens (tertiary/aromatic N) is 2. The van der Waals surface area contributed by atoms with E-state index in [0.29, 0.717) is 11.3 Å². The topological polar surface area (TPSA) is 108 Å². The van der Waals surface area contributed by atoms with Crippen molar-refractivity contribution in [2.24, 2.45) is 0 Å². The first-order chi connectivity index (χ1) is 15.2. The number of sulfonamides is 1. The summed E-state index contributed by atoms with van der Waals surface area (Å²) < 4.78 is 30.9. The van der Waals surface area contributed by atoms with E-state index < -0.39 is 16.1 Å². The summed E-state index contributed by atoms with van der Waals surface area (Å²) in [5.74, 6) is -0.348. The first-order valence-electron chi connectivity index (χ1n) is 10.3. The molecule has 1 fully saturated rings. The summed E-state index contributed by atoms with van der Waals surface area (Å²) in [5, 5.41) is 5.44. The summed E-state index contributed by atoms with van der Waals surface area (Å²) >= 11 is 0. The second-order valence-corrected chi connectivity index (χ2v) is 9.81. The Morgan fingerprint density at radius 3 is 2.31 bits per heavy atom. The molecule has 2 N–H and O–H groups in total. The van der Waals surface area contributed by atoms with Crippen LogP contribution in [0.25, 0.3) is 0 Å². The average Bonchev–Trinajstić information content (AvgIpc) is 3.32. The van der Waals surface area contributed by atoms with Crippen molar-refractivity contribution >= 4 is 33.4 Å². The van der Waals surface area contributed by atoms with Crippen molar-refractivity contribution in [2.75, 3.05) is 44.5 Å². The Kier molecular flexibility index (Phi) is 7.37. The van der Waals surface area contributed by atoms with Gasteiger partial charge in [-0.1, -0.05) is 12.1 Å². The van der Waals surface area contributed by atoms with Crippen molar-refractivity contribution in [1.29, 1.82) is 0 Å². The van der Waals surface area contributed by atoms with Crippen molar-refractivity contribution < 1.29 is 22.7 Å². The maximum Gasteiger partial charge on any atom is 0.411 e. The summed E-state index contributed by atoms with van der Waals surface area (Å²) in [6, 6.07) is 11.7. The highest BCUT2D eigenvalue weighted by atomic mass is 32.2. The van der Waals surface area contributed by atoms with Crippen LogP contribution in [0.1, 0.15) is 28.8 Å². The zero-order valence-electron chi connectivity index (χ0n) is 18.4. The highest BCUT2D eigenvalue weighted by Gasteiger charge is 2.24. The first kappa shape index (κ1) is 23.6. The molecule has 2 aromatic carbocycles. The summed E-state index contributed by atoms with van der Waals surface area (Å²) in [4.78, 5) is 26.5. The van der Waals surface area contributed by atoms with Crippen molar-refractivity contribution in [3.8, 4) is 0 Å². The SMILES string of the molecule is COC(=O)Nc1ccc(CNC(=O)c2cc(S(=O)(=O)N(C)C)ccc2N2CCCC2)cc1. The van der Waals surface area contributed by atoms with E-state index in [9.17, 15) is 18.0 Å². The highest BCUT2D eigenvalue weighted by Crippen LogP contribution is 2.28. The quantitative estimate of drug-likeness (QED) is 0.658. The zero-order chi connectivity index (χ0) is 23.3. The number of amides is 2. The predicted octanol–water partition coefficient (Wildman–Crippen LogP) is 2.65. The fourth-order valence-electron chi connectivity index (χ4n) is 3.45. The van der Waals surface area contributed by atoms with Crippen molar-refractivity contribution in [3.63, 3.8) is 0 Å². The van der Waals surface area contributed by atoms with Gasteiger partial charge in [0.05, 0.1) is 17.6 Å². The van der Waals surface area contributed by atoms with E-state index in [1.807, 2.05) is 0 Å². The maximum absolute atomic E-state index is 13.1. The molecule has 9 nitrogen and oxygen atoms in total. The molecule has 0 spiro atoms. The van der Waals surface area contributed by atoms with Crippen LogP contribution in [-0.4, -0.2) is 59.0 Å². The van der Waals surface area contributed by atoms with Gasteiger partial charge < -0.3 is 15.0 Å². The minimum atomic E-state index is -3.67. The Hall–Kier alpha value is -3.11. The molecular weight excluding hydrogens is 432 g/mol. The van der Waals surface area contributed by atoms with E-state index in [-0.39, 0.29) is 17.3 Å². The number of anilines is 2. The average molecular weight is 461 g/mol. The minimum Gasteiger partial charge on any atom is -0.453 e. The van der Waals surface area contributed by atoms with Gasteiger partial charge in [-0.15, -0.1) is 0 Å². The van der Waals surface area contributed by atoms with Crippen molar-refractivity contribution in [3.05, 3.63) is 53.6 Å². The Balaban J connectivity index is 1.80. The van der Waals surface area contributed by atoms with E-state index >= 15 is 0 Å². The molecule has 1 aliphatic heterocycles. The largest absolute Gasteiger partial charge is 0.453 e. The van der Waals surface area contributed by atoms with E-state index in [2.05, 4.69) is 20.3 Å². The first-order valence-corrected chi connectivity index (χ1v) is 11.7. The number of methoxy groups -OCH3 is 1. The fraction of sp³-hybridized carbons (Fsp3) is 0.364. The smallest absolute Gasteiger partial charge is 0.411 e. The summed E-state index contributed by atoms with van der Waals surface area (Å²) in [6.45, 7) is 1.91. The van der Waals surface area contributed by atoms with Crippen molar-refractivity contribution in [1.82, 2.24) is 9.62 Å². The van der Waals surface area contributed by atoms with Crippen LogP contribution in [0.2, 0.25) is 0 Å². The molecule has 1 saturated heterocycles. The Morgan fingerprint density at radius 1 is 1.06 bits per heavy atom. The van der Waals surface area contributed by atoms with Gasteiger partial charge in [0.1, 0.15) is 0 Å². The molecule has 1 aliphatic rings. The summed E-state index contributed by atoms with van der Waals surface area (Å²) in [5.41, 5.74) is 2.47. The Bertz CT molecular complexity index is 1080. The van der Waals surface area contributed by atoms with E-state index in [0.717, 1.165) is 41.5 Å². The predicted molar refractivity (Wildman–Crippen MR) is 122 cm³/mol. The summed E-state index contributed by atoms with van der Waals surface area (Å²) in [6.07, 6.45) is 1.50. The van der Waals surface area contributed by atoms with E-state index in [1.165, 1.54) is 27.3 Å². The van der Waals surface area contributed by atoms with Gasteiger partial charge in [-0.2, -0.15) is 0 Å². The van der Waals surface area contributed by atoms with Crippen LogP contribution >= 0.6 is 0 Å². The Labute approximate surface area is 188 Å². The third-order valence-electron chi connectivity index (χ3n) is 5.28. The number of carbonyl (C=O) groups is 2. The number of benzene rings is 2. The normalized spacial score (nSPS) is 13.8. The number of rotatable bonds is 7. The molecule has 0 aliphatic carbocycles. The zero-order valence-corrected chi connectivity index (χ0v) is 19.2. The minimum absolute atomic E-state index is 0.0776. The molecule has 1 heterocycles. The molecule has 172 valence electrons. The highest BCUT2D eigenvalue weighted by molar-refractivity contribution is 7.89. The lowest BCUT2D eigenvalue weighted by atomic mass is 10.1. The molecule has 10 heteroatoms. The molecule has 3 rings (SSSR count). The number of nitrogens with one attached hydrogen (secondary N) is 2. The lowest BCUT2D eigenvalue weighted by Gasteiger charge is -2.22. The third kappa shape index (κ3) is 5.38. The third-order valence-corrected chi connectivity index (χ3v) is 7.09. The van der Waals surface area contributed by atoms with Crippen LogP contribution < -0.4 is 15.5 Å². The molecule has 0 unspecified atom stereocenters. The maximum atomic E-state index is 13.1. The van der Waals surface area contributed by atoms with Gasteiger partial charge in [0.25, 0.3) is 5.91 Å². The number of carbonyl (C=O) groups excluding carboxylic acids is 2. The van der Waals surface area contributed by atoms with Gasteiger partial charge in [0.2, 0.25) is 10.0 Å². The molecular formula is C22H28N4O5S. The standard InChI is InChI=1S/C22H28N4O5S/c1-25(2)32(29,30)18-10-11-20(26-12-4-5-13-26)19(14-18)21(27)23-15-16-6-8-17(9-7-16)24-22(28)31-3/h6-11,14H,4-5,12-13,15H2,1-3H3,(H,23,27)(H,24,28). The van der Waals surface area contributed by atoms with Crippen LogP contribution in [-0.2, 0) is 21.3 Å². The number of hydrogen-bond donors (Lipinski definition) is 2. The number of ether oxygens (including phenoxy) is 1. The molecule has 0 radical (unpaired) electrons. The van der Waals surface area contributed by atoms with E-state index in [1.54, 1.807) is 36.4 Å². The second kappa shape index (κ2) is 10.0. The lowest BCUT2D eigenvalue weighted by Crippen LogP contribution is -2.28. The fourth-order valence-corrected chi connectivity index (χ4v) is 4.38. The molecule has 0 bridgehead atoms. The van der Waals surface area contributed by atoms with Gasteiger partial charge in [-0.05, 0) is 48.7 Å². The van der Waals surface area contributed by atoms with Crippen LogP contribution in [0.5, 0.6) is 0 Å². The van der Waals surface area contributed by atoms with Crippen LogP contribution in [0.15, 0.2) is 47.4 Å². The van der Waals surface area contributed by atoms with Crippen LogP contribution in [0, 0.1) is 0 Å². The van der Waals surface area contributed by atoms with E-state index in [4.69, 9.17) is 0 Å². The second-order valence-electron chi connectivity index (χ2n) is 7.66. The molecule has 2 amide bonds. The number of hydrogen-bond acceptors (Lipinski definition) is 6. The van der Waals surface area contributed by atoms with Gasteiger partial charge in [0, 0.05) is 45.1 Å². The monoisotopic (exact) mass is 460 g/mol. The lowest BCUT2D eigenvalue weighted by molar-refractivity contribution is 0.0951. The van der Waals surface area contributed by atoms with Gasteiger partial charge >= 0.3 is 6.09 Å². The van der Waals surface area contributed by atoms with Gasteiger partial charge in [0.15, 0.2) is 0 Å².